The molecule has 10 heteroatoms. The molecule has 0 radical (unpaired) electrons. The SMILES string of the molecule is Nc1c(NNC(=O)c2ccccc2Cl)ncnc1Nc1ccc(F)c(Cl)c1. The van der Waals surface area contributed by atoms with E-state index in [1.807, 2.05) is 0 Å². The number of aromatic nitrogens is 2. The predicted molar refractivity (Wildman–Crippen MR) is 104 cm³/mol. The highest BCUT2D eigenvalue weighted by atomic mass is 35.5. The van der Waals surface area contributed by atoms with E-state index in [-0.39, 0.29) is 22.3 Å². The molecule has 7 nitrogen and oxygen atoms in total. The first-order valence-corrected chi connectivity index (χ1v) is 8.34. The monoisotopic (exact) mass is 406 g/mol. The predicted octanol–water partition coefficient (Wildman–Crippen LogP) is 4.01. The van der Waals surface area contributed by atoms with E-state index in [2.05, 4.69) is 26.1 Å². The molecule has 1 aromatic heterocycles. The number of amides is 1. The average Bonchev–Trinajstić information content (AvgIpc) is 2.65. The van der Waals surface area contributed by atoms with Crippen molar-refractivity contribution in [1.82, 2.24) is 15.4 Å². The van der Waals surface area contributed by atoms with Gasteiger partial charge in [-0.3, -0.25) is 15.6 Å². The Balaban J connectivity index is 1.74. The Morgan fingerprint density at radius 2 is 1.78 bits per heavy atom. The van der Waals surface area contributed by atoms with Gasteiger partial charge in [0.1, 0.15) is 17.8 Å². The van der Waals surface area contributed by atoms with Crippen LogP contribution in [0.15, 0.2) is 48.8 Å². The molecule has 0 saturated heterocycles. The minimum Gasteiger partial charge on any atom is -0.393 e. The van der Waals surface area contributed by atoms with Gasteiger partial charge in [0.25, 0.3) is 5.91 Å². The van der Waals surface area contributed by atoms with Crippen molar-refractivity contribution in [3.05, 3.63) is 70.2 Å². The fourth-order valence-corrected chi connectivity index (χ4v) is 2.54. The molecule has 138 valence electrons. The number of benzene rings is 2. The number of rotatable bonds is 5. The van der Waals surface area contributed by atoms with E-state index < -0.39 is 11.7 Å². The van der Waals surface area contributed by atoms with E-state index in [9.17, 15) is 9.18 Å². The number of nitrogens with zero attached hydrogens (tertiary/aromatic N) is 2. The van der Waals surface area contributed by atoms with E-state index in [0.29, 0.717) is 16.3 Å². The molecule has 0 atom stereocenters. The average molecular weight is 407 g/mol. The summed E-state index contributed by atoms with van der Waals surface area (Å²) in [6, 6.07) is 10.7. The van der Waals surface area contributed by atoms with Crippen molar-refractivity contribution in [3.63, 3.8) is 0 Å². The van der Waals surface area contributed by atoms with Gasteiger partial charge in [0.05, 0.1) is 15.6 Å². The highest BCUT2D eigenvalue weighted by molar-refractivity contribution is 6.33. The molecule has 5 N–H and O–H groups in total. The molecule has 1 heterocycles. The molecule has 0 saturated carbocycles. The van der Waals surface area contributed by atoms with Crippen molar-refractivity contribution >= 4 is 52.1 Å². The lowest BCUT2D eigenvalue weighted by Gasteiger charge is -2.13. The lowest BCUT2D eigenvalue weighted by Crippen LogP contribution is -2.30. The van der Waals surface area contributed by atoms with Gasteiger partial charge in [-0.05, 0) is 30.3 Å². The van der Waals surface area contributed by atoms with Crippen molar-refractivity contribution in [3.8, 4) is 0 Å². The zero-order chi connectivity index (χ0) is 19.4. The third kappa shape index (κ3) is 4.36. The van der Waals surface area contributed by atoms with Crippen LogP contribution in [0.25, 0.3) is 0 Å². The zero-order valence-corrected chi connectivity index (χ0v) is 15.1. The van der Waals surface area contributed by atoms with Crippen molar-refractivity contribution < 1.29 is 9.18 Å². The molecule has 0 aliphatic rings. The molecule has 3 rings (SSSR count). The Hall–Kier alpha value is -3.10. The van der Waals surface area contributed by atoms with Crippen LogP contribution < -0.4 is 21.9 Å². The van der Waals surface area contributed by atoms with Gasteiger partial charge in [0.2, 0.25) is 0 Å². The maximum atomic E-state index is 13.3. The summed E-state index contributed by atoms with van der Waals surface area (Å²) >= 11 is 11.7. The Kier molecular flexibility index (Phi) is 5.58. The van der Waals surface area contributed by atoms with Crippen LogP contribution in [-0.2, 0) is 0 Å². The number of nitrogens with two attached hydrogens (primary N) is 1. The summed E-state index contributed by atoms with van der Waals surface area (Å²) in [6.07, 6.45) is 1.24. The molecule has 0 aliphatic heterocycles. The van der Waals surface area contributed by atoms with Crippen LogP contribution in [0, 0.1) is 5.82 Å². The van der Waals surface area contributed by atoms with Crippen LogP contribution in [0.3, 0.4) is 0 Å². The van der Waals surface area contributed by atoms with Crippen LogP contribution in [0.2, 0.25) is 10.0 Å². The Morgan fingerprint density at radius 1 is 1.04 bits per heavy atom. The quantitative estimate of drug-likeness (QED) is 0.477. The van der Waals surface area contributed by atoms with Crippen molar-refractivity contribution in [2.24, 2.45) is 0 Å². The normalized spacial score (nSPS) is 10.3. The molecular formula is C17H13Cl2FN6O. The van der Waals surface area contributed by atoms with Gasteiger partial charge < -0.3 is 11.1 Å². The number of anilines is 4. The van der Waals surface area contributed by atoms with Crippen LogP contribution >= 0.6 is 23.2 Å². The first-order valence-electron chi connectivity index (χ1n) is 7.59. The van der Waals surface area contributed by atoms with Crippen LogP contribution in [0.1, 0.15) is 10.4 Å². The summed E-state index contributed by atoms with van der Waals surface area (Å²) in [4.78, 5) is 20.2. The highest BCUT2D eigenvalue weighted by Gasteiger charge is 2.12. The van der Waals surface area contributed by atoms with Gasteiger partial charge >= 0.3 is 0 Å². The lowest BCUT2D eigenvalue weighted by molar-refractivity contribution is 0.0962. The molecule has 2 aromatic carbocycles. The van der Waals surface area contributed by atoms with Gasteiger partial charge in [-0.1, -0.05) is 35.3 Å². The summed E-state index contributed by atoms with van der Waals surface area (Å²) in [5.41, 5.74) is 12.0. The van der Waals surface area contributed by atoms with Crippen molar-refractivity contribution in [1.29, 1.82) is 0 Å². The summed E-state index contributed by atoms with van der Waals surface area (Å²) in [5, 5.41) is 3.17. The maximum absolute atomic E-state index is 13.3. The summed E-state index contributed by atoms with van der Waals surface area (Å²) in [6.45, 7) is 0. The van der Waals surface area contributed by atoms with Crippen LogP contribution in [0.4, 0.5) is 27.4 Å². The number of nitrogens with one attached hydrogen (secondary N) is 3. The molecule has 0 unspecified atom stereocenters. The molecule has 0 aliphatic carbocycles. The second-order valence-electron chi connectivity index (χ2n) is 5.30. The molecule has 27 heavy (non-hydrogen) atoms. The first kappa shape index (κ1) is 18.7. The third-order valence-corrected chi connectivity index (χ3v) is 4.10. The largest absolute Gasteiger partial charge is 0.393 e. The van der Waals surface area contributed by atoms with E-state index in [1.165, 1.54) is 24.5 Å². The Labute approximate surface area is 163 Å². The summed E-state index contributed by atoms with van der Waals surface area (Å²) in [7, 11) is 0. The van der Waals surface area contributed by atoms with E-state index in [1.54, 1.807) is 24.3 Å². The summed E-state index contributed by atoms with van der Waals surface area (Å²) < 4.78 is 13.3. The minimum atomic E-state index is -0.539. The van der Waals surface area contributed by atoms with Crippen molar-refractivity contribution in [2.75, 3.05) is 16.5 Å². The Morgan fingerprint density at radius 3 is 2.52 bits per heavy atom. The smallest absolute Gasteiger partial charge is 0.271 e. The maximum Gasteiger partial charge on any atom is 0.271 e. The van der Waals surface area contributed by atoms with Gasteiger partial charge in [-0.15, -0.1) is 0 Å². The molecule has 3 aromatic rings. The second-order valence-corrected chi connectivity index (χ2v) is 6.11. The molecule has 0 fully saturated rings. The van der Waals surface area contributed by atoms with E-state index >= 15 is 0 Å². The Bertz CT molecular complexity index is 1000. The van der Waals surface area contributed by atoms with Gasteiger partial charge in [0.15, 0.2) is 11.6 Å². The minimum absolute atomic E-state index is 0.0435. The van der Waals surface area contributed by atoms with Gasteiger partial charge in [0, 0.05) is 5.69 Å². The van der Waals surface area contributed by atoms with Crippen LogP contribution in [-0.4, -0.2) is 15.9 Å². The third-order valence-electron chi connectivity index (χ3n) is 3.48. The van der Waals surface area contributed by atoms with Crippen molar-refractivity contribution in [2.45, 2.75) is 0 Å². The lowest BCUT2D eigenvalue weighted by atomic mass is 10.2. The number of nitrogen functional groups attached to an aromatic ring is 1. The first-order chi connectivity index (χ1) is 13.0. The fourth-order valence-electron chi connectivity index (χ4n) is 2.13. The number of hydrazine groups is 1. The molecule has 0 spiro atoms. The number of carbonyl (C=O) groups is 1. The standard InChI is InChI=1S/C17H13Cl2FN6O/c18-11-4-2-1-3-10(11)17(27)26-25-16-14(21)15(22-8-23-16)24-9-5-6-13(20)12(19)7-9/h1-8H,21H2,(H,26,27)(H2,22,23,24,25). The number of hydrogen-bond acceptors (Lipinski definition) is 6. The number of hydrogen-bond donors (Lipinski definition) is 4. The van der Waals surface area contributed by atoms with Gasteiger partial charge in [-0.25, -0.2) is 14.4 Å². The second kappa shape index (κ2) is 8.07. The number of carbonyl (C=O) groups excluding carboxylic acids is 1. The molecule has 0 bridgehead atoms. The van der Waals surface area contributed by atoms with E-state index in [4.69, 9.17) is 28.9 Å². The fraction of sp³-hybridized carbons (Fsp3) is 0. The highest BCUT2D eigenvalue weighted by Crippen LogP contribution is 2.27. The molecular weight excluding hydrogens is 394 g/mol. The topological polar surface area (TPSA) is 105 Å². The number of halogens is 3. The zero-order valence-electron chi connectivity index (χ0n) is 13.6. The summed E-state index contributed by atoms with van der Waals surface area (Å²) in [5.74, 6) is -0.579. The van der Waals surface area contributed by atoms with Gasteiger partial charge in [-0.2, -0.15) is 0 Å². The molecule has 1 amide bonds. The van der Waals surface area contributed by atoms with Crippen LogP contribution in [0.5, 0.6) is 0 Å². The van der Waals surface area contributed by atoms with E-state index in [0.717, 1.165) is 0 Å².